The van der Waals surface area contributed by atoms with Gasteiger partial charge < -0.3 is 4.90 Å². The van der Waals surface area contributed by atoms with Gasteiger partial charge in [0, 0.05) is 26.6 Å². The second kappa shape index (κ2) is 7.15. The van der Waals surface area contributed by atoms with E-state index in [0.29, 0.717) is 24.0 Å². The Hall–Kier alpha value is -2.18. The fraction of sp³-hybridized carbons (Fsp3) is 0.647. The van der Waals surface area contributed by atoms with Crippen molar-refractivity contribution >= 4 is 16.9 Å². The molecule has 0 aliphatic carbocycles. The molecule has 7 heteroatoms. The minimum Gasteiger partial charge on any atom is -0.346 e. The van der Waals surface area contributed by atoms with Gasteiger partial charge in [0.15, 0.2) is 5.65 Å². The van der Waals surface area contributed by atoms with Crippen molar-refractivity contribution in [3.63, 3.8) is 0 Å². The number of hydrogen-bond donors (Lipinski definition) is 0. The molecule has 0 atom stereocenters. The van der Waals surface area contributed by atoms with E-state index in [1.807, 2.05) is 20.8 Å². The first-order valence-corrected chi connectivity index (χ1v) is 8.43. The smallest absolute Gasteiger partial charge is 0.264 e. The van der Waals surface area contributed by atoms with Gasteiger partial charge in [-0.1, -0.05) is 13.3 Å². The third-order valence-electron chi connectivity index (χ3n) is 4.03. The summed E-state index contributed by atoms with van der Waals surface area (Å²) in [6.07, 6.45) is 5.40. The van der Waals surface area contributed by atoms with Crippen LogP contribution in [0.15, 0.2) is 17.3 Å². The van der Waals surface area contributed by atoms with E-state index in [0.717, 1.165) is 19.4 Å². The summed E-state index contributed by atoms with van der Waals surface area (Å²) in [6.45, 7) is 9.21. The van der Waals surface area contributed by atoms with Crippen molar-refractivity contribution in [3.05, 3.63) is 22.9 Å². The molecule has 0 bridgehead atoms. The topological polar surface area (TPSA) is 73.0 Å². The van der Waals surface area contributed by atoms with Crippen LogP contribution in [-0.4, -0.2) is 43.7 Å². The molecule has 0 unspecified atom stereocenters. The van der Waals surface area contributed by atoms with Crippen LogP contribution in [0.4, 0.5) is 0 Å². The van der Waals surface area contributed by atoms with Gasteiger partial charge in [-0.05, 0) is 27.2 Å². The van der Waals surface area contributed by atoms with Crippen molar-refractivity contribution in [2.75, 3.05) is 13.6 Å². The second-order valence-electron chi connectivity index (χ2n) is 7.13. The maximum Gasteiger partial charge on any atom is 0.264 e. The molecular formula is C17H27N5O2. The zero-order valence-electron chi connectivity index (χ0n) is 15.2. The van der Waals surface area contributed by atoms with Crippen LogP contribution in [0, 0.1) is 0 Å². The molecule has 0 N–H and O–H groups in total. The van der Waals surface area contributed by atoms with Crippen LogP contribution in [0.1, 0.15) is 47.0 Å². The summed E-state index contributed by atoms with van der Waals surface area (Å²) in [5, 5.41) is 4.78. The molecule has 0 saturated heterocycles. The normalized spacial score (nSPS) is 11.9. The van der Waals surface area contributed by atoms with E-state index in [1.54, 1.807) is 22.8 Å². The Kier molecular flexibility index (Phi) is 5.41. The number of aryl methyl sites for hydroxylation is 1. The highest BCUT2D eigenvalue weighted by Crippen LogP contribution is 2.17. The Morgan fingerprint density at radius 3 is 2.67 bits per heavy atom. The minimum absolute atomic E-state index is 0.0424. The maximum absolute atomic E-state index is 12.6. The first-order chi connectivity index (χ1) is 11.3. The summed E-state index contributed by atoms with van der Waals surface area (Å²) in [5.74, 6) is 0.0424. The lowest BCUT2D eigenvalue weighted by atomic mass is 10.1. The summed E-state index contributed by atoms with van der Waals surface area (Å²) in [6, 6.07) is 0. The molecule has 0 radical (unpaired) electrons. The molecule has 7 nitrogen and oxygen atoms in total. The molecule has 1 amide bonds. The van der Waals surface area contributed by atoms with Crippen molar-refractivity contribution in [1.82, 2.24) is 24.2 Å². The molecule has 0 spiro atoms. The number of fused-ring (bicyclic) bond motifs is 1. The van der Waals surface area contributed by atoms with Crippen molar-refractivity contribution in [2.45, 2.75) is 59.0 Å². The molecule has 132 valence electrons. The highest BCUT2D eigenvalue weighted by atomic mass is 16.2. The summed E-state index contributed by atoms with van der Waals surface area (Å²) >= 11 is 0. The van der Waals surface area contributed by atoms with Crippen LogP contribution >= 0.6 is 0 Å². The lowest BCUT2D eigenvalue weighted by molar-refractivity contribution is -0.130. The Morgan fingerprint density at radius 1 is 1.33 bits per heavy atom. The number of nitrogens with zero attached hydrogens (tertiary/aromatic N) is 5. The quantitative estimate of drug-likeness (QED) is 0.810. The number of amides is 1. The molecule has 2 aromatic heterocycles. The van der Waals surface area contributed by atoms with Crippen LogP contribution in [0.2, 0.25) is 0 Å². The maximum atomic E-state index is 12.6. The van der Waals surface area contributed by atoms with Crippen LogP contribution in [0.5, 0.6) is 0 Å². The van der Waals surface area contributed by atoms with E-state index in [2.05, 4.69) is 17.0 Å². The van der Waals surface area contributed by atoms with Crippen LogP contribution < -0.4 is 5.56 Å². The predicted molar refractivity (Wildman–Crippen MR) is 93.9 cm³/mol. The van der Waals surface area contributed by atoms with Gasteiger partial charge in [-0.2, -0.15) is 5.10 Å². The summed E-state index contributed by atoms with van der Waals surface area (Å²) in [5.41, 5.74) is 0.181. The molecule has 24 heavy (non-hydrogen) atoms. The first-order valence-electron chi connectivity index (χ1n) is 8.43. The lowest BCUT2D eigenvalue weighted by Gasteiger charge is -2.19. The van der Waals surface area contributed by atoms with E-state index >= 15 is 0 Å². The third kappa shape index (κ3) is 3.83. The van der Waals surface area contributed by atoms with Crippen molar-refractivity contribution in [2.24, 2.45) is 0 Å². The van der Waals surface area contributed by atoms with E-state index < -0.39 is 0 Å². The van der Waals surface area contributed by atoms with E-state index in [4.69, 9.17) is 0 Å². The van der Waals surface area contributed by atoms with E-state index in [9.17, 15) is 9.59 Å². The van der Waals surface area contributed by atoms with Gasteiger partial charge >= 0.3 is 0 Å². The van der Waals surface area contributed by atoms with Gasteiger partial charge in [0.25, 0.3) is 5.56 Å². The highest BCUT2D eigenvalue weighted by Gasteiger charge is 2.20. The molecule has 0 fully saturated rings. The Bertz CT molecular complexity index is 769. The zero-order chi connectivity index (χ0) is 17.9. The SMILES string of the molecule is CCCCN(C)C(=O)CCn1cnc2c(cnn2C(C)(C)C)c1=O. The number of unbranched alkanes of at least 4 members (excludes halogenated alkanes) is 1. The molecule has 0 aliphatic heterocycles. The Labute approximate surface area is 142 Å². The Morgan fingerprint density at radius 2 is 2.04 bits per heavy atom. The van der Waals surface area contributed by atoms with Crippen LogP contribution in [-0.2, 0) is 16.9 Å². The molecule has 0 aliphatic rings. The van der Waals surface area contributed by atoms with Gasteiger partial charge in [0.05, 0.1) is 18.1 Å². The molecule has 2 rings (SSSR count). The molecule has 0 saturated carbocycles. The highest BCUT2D eigenvalue weighted by molar-refractivity contribution is 5.76. The number of hydrogen-bond acceptors (Lipinski definition) is 4. The summed E-state index contributed by atoms with van der Waals surface area (Å²) in [4.78, 5) is 30.8. The number of rotatable bonds is 6. The average Bonchev–Trinajstić information content (AvgIpc) is 2.96. The zero-order valence-corrected chi connectivity index (χ0v) is 15.2. The second-order valence-corrected chi connectivity index (χ2v) is 7.13. The van der Waals surface area contributed by atoms with Gasteiger partial charge in [0.2, 0.25) is 5.91 Å². The van der Waals surface area contributed by atoms with Gasteiger partial charge in [-0.25, -0.2) is 9.67 Å². The molecular weight excluding hydrogens is 306 g/mol. The Balaban J connectivity index is 2.15. The molecule has 2 aromatic rings. The van der Waals surface area contributed by atoms with E-state index in [-0.39, 0.29) is 17.0 Å². The number of aromatic nitrogens is 4. The largest absolute Gasteiger partial charge is 0.346 e. The summed E-state index contributed by atoms with van der Waals surface area (Å²) in [7, 11) is 1.80. The van der Waals surface area contributed by atoms with Crippen LogP contribution in [0.25, 0.3) is 11.0 Å². The fourth-order valence-electron chi connectivity index (χ4n) is 2.53. The van der Waals surface area contributed by atoms with Crippen LogP contribution in [0.3, 0.4) is 0 Å². The van der Waals surface area contributed by atoms with E-state index in [1.165, 1.54) is 10.9 Å². The van der Waals surface area contributed by atoms with Crippen molar-refractivity contribution in [1.29, 1.82) is 0 Å². The lowest BCUT2D eigenvalue weighted by Crippen LogP contribution is -2.30. The standard InChI is InChI=1S/C17H27N5O2/c1-6-7-9-20(5)14(23)8-10-21-12-18-15-13(16(21)24)11-19-22(15)17(2,3)4/h11-12H,6-10H2,1-5H3. The van der Waals surface area contributed by atoms with Crippen molar-refractivity contribution in [3.8, 4) is 0 Å². The van der Waals surface area contributed by atoms with Gasteiger partial charge in [-0.15, -0.1) is 0 Å². The molecule has 2 heterocycles. The van der Waals surface area contributed by atoms with Gasteiger partial charge in [-0.3, -0.25) is 14.2 Å². The van der Waals surface area contributed by atoms with Crippen molar-refractivity contribution < 1.29 is 4.79 Å². The first kappa shape index (κ1) is 18.2. The average molecular weight is 333 g/mol. The molecule has 0 aromatic carbocycles. The fourth-order valence-corrected chi connectivity index (χ4v) is 2.53. The monoisotopic (exact) mass is 333 g/mol. The van der Waals surface area contributed by atoms with Gasteiger partial charge in [0.1, 0.15) is 5.39 Å². The number of carbonyl (C=O) groups is 1. The third-order valence-corrected chi connectivity index (χ3v) is 4.03. The number of carbonyl (C=O) groups excluding carboxylic acids is 1. The summed E-state index contributed by atoms with van der Waals surface area (Å²) < 4.78 is 3.24. The minimum atomic E-state index is -0.245. The predicted octanol–water partition coefficient (Wildman–Crippen LogP) is 2.00.